The SMILES string of the molecule is O=C(O)C(CCCc1cccc([N+](=O)[O-])c1)N=C(c1ccccc1)c1ccccc1. The molecule has 3 aromatic carbocycles. The van der Waals surface area contributed by atoms with E-state index in [1.165, 1.54) is 12.1 Å². The van der Waals surface area contributed by atoms with Gasteiger partial charge in [-0.15, -0.1) is 0 Å². The highest BCUT2D eigenvalue weighted by atomic mass is 16.6. The second kappa shape index (κ2) is 10.1. The Hall–Kier alpha value is -3.80. The van der Waals surface area contributed by atoms with E-state index in [1.54, 1.807) is 6.07 Å². The summed E-state index contributed by atoms with van der Waals surface area (Å²) in [5, 5.41) is 20.7. The van der Waals surface area contributed by atoms with Crippen molar-refractivity contribution in [3.8, 4) is 0 Å². The third kappa shape index (κ3) is 5.61. The Labute approximate surface area is 174 Å². The largest absolute Gasteiger partial charge is 0.480 e. The lowest BCUT2D eigenvalue weighted by Gasteiger charge is -2.13. The van der Waals surface area contributed by atoms with E-state index >= 15 is 0 Å². The topological polar surface area (TPSA) is 92.8 Å². The highest BCUT2D eigenvalue weighted by molar-refractivity contribution is 6.13. The summed E-state index contributed by atoms with van der Waals surface area (Å²) in [5.74, 6) is -0.988. The maximum Gasteiger partial charge on any atom is 0.328 e. The Bertz CT molecular complexity index is 992. The van der Waals surface area contributed by atoms with E-state index in [9.17, 15) is 20.0 Å². The minimum atomic E-state index is -0.988. The van der Waals surface area contributed by atoms with Gasteiger partial charge < -0.3 is 5.11 Å². The monoisotopic (exact) mass is 402 g/mol. The van der Waals surface area contributed by atoms with Gasteiger partial charge in [-0.25, -0.2) is 4.79 Å². The van der Waals surface area contributed by atoms with E-state index in [4.69, 9.17) is 0 Å². The quantitative estimate of drug-likeness (QED) is 0.313. The molecule has 0 heterocycles. The van der Waals surface area contributed by atoms with Crippen LogP contribution in [-0.2, 0) is 11.2 Å². The van der Waals surface area contributed by atoms with Crippen molar-refractivity contribution in [1.82, 2.24) is 0 Å². The lowest BCUT2D eigenvalue weighted by atomic mass is 10.0. The lowest BCUT2D eigenvalue weighted by Crippen LogP contribution is -2.21. The van der Waals surface area contributed by atoms with Gasteiger partial charge in [-0.05, 0) is 24.8 Å². The maximum atomic E-state index is 11.9. The summed E-state index contributed by atoms with van der Waals surface area (Å²) in [6.45, 7) is 0. The van der Waals surface area contributed by atoms with Crippen molar-refractivity contribution in [2.24, 2.45) is 4.99 Å². The van der Waals surface area contributed by atoms with Crippen LogP contribution in [0.25, 0.3) is 0 Å². The summed E-state index contributed by atoms with van der Waals surface area (Å²) in [7, 11) is 0. The fourth-order valence-electron chi connectivity index (χ4n) is 3.23. The molecular weight excluding hydrogens is 380 g/mol. The number of aryl methyl sites for hydroxylation is 1. The van der Waals surface area contributed by atoms with Crippen LogP contribution in [0.4, 0.5) is 5.69 Å². The van der Waals surface area contributed by atoms with E-state index in [1.807, 2.05) is 66.7 Å². The first-order chi connectivity index (χ1) is 14.5. The van der Waals surface area contributed by atoms with E-state index in [-0.39, 0.29) is 5.69 Å². The van der Waals surface area contributed by atoms with Crippen molar-refractivity contribution in [3.63, 3.8) is 0 Å². The maximum absolute atomic E-state index is 11.9. The second-order valence-corrected chi connectivity index (χ2v) is 6.88. The lowest BCUT2D eigenvalue weighted by molar-refractivity contribution is -0.384. The molecule has 3 aromatic rings. The molecule has 0 aromatic heterocycles. The predicted molar refractivity (Wildman–Crippen MR) is 116 cm³/mol. The highest BCUT2D eigenvalue weighted by Crippen LogP contribution is 2.18. The predicted octanol–water partition coefficient (Wildman–Crippen LogP) is 4.91. The molecule has 6 heteroatoms. The first kappa shape index (κ1) is 20.9. The van der Waals surface area contributed by atoms with Crippen molar-refractivity contribution < 1.29 is 14.8 Å². The molecule has 3 rings (SSSR count). The molecule has 0 saturated heterocycles. The molecule has 0 radical (unpaired) electrons. The average molecular weight is 402 g/mol. The van der Waals surface area contributed by atoms with Crippen LogP contribution in [0.15, 0.2) is 89.9 Å². The fraction of sp³-hybridized carbons (Fsp3) is 0.167. The van der Waals surface area contributed by atoms with Crippen LogP contribution < -0.4 is 0 Å². The average Bonchev–Trinajstić information content (AvgIpc) is 2.77. The number of hydrogen-bond acceptors (Lipinski definition) is 4. The van der Waals surface area contributed by atoms with Crippen LogP contribution in [0.1, 0.15) is 29.5 Å². The summed E-state index contributed by atoms with van der Waals surface area (Å²) >= 11 is 0. The van der Waals surface area contributed by atoms with Gasteiger partial charge >= 0.3 is 5.97 Å². The second-order valence-electron chi connectivity index (χ2n) is 6.88. The molecule has 1 N–H and O–H groups in total. The molecule has 0 saturated carbocycles. The number of benzene rings is 3. The van der Waals surface area contributed by atoms with E-state index in [2.05, 4.69) is 4.99 Å². The van der Waals surface area contributed by atoms with Gasteiger partial charge in [-0.3, -0.25) is 15.1 Å². The van der Waals surface area contributed by atoms with Crippen molar-refractivity contribution in [3.05, 3.63) is 112 Å². The summed E-state index contributed by atoms with van der Waals surface area (Å²) in [5.41, 5.74) is 3.20. The normalized spacial score (nSPS) is 11.5. The highest BCUT2D eigenvalue weighted by Gasteiger charge is 2.19. The minimum absolute atomic E-state index is 0.0377. The Morgan fingerprint density at radius 2 is 1.53 bits per heavy atom. The fourth-order valence-corrected chi connectivity index (χ4v) is 3.23. The number of nitro groups is 1. The van der Waals surface area contributed by atoms with Crippen molar-refractivity contribution in [2.75, 3.05) is 0 Å². The molecule has 1 atom stereocenters. The van der Waals surface area contributed by atoms with Crippen LogP contribution in [-0.4, -0.2) is 27.8 Å². The third-order valence-corrected chi connectivity index (χ3v) is 4.73. The van der Waals surface area contributed by atoms with E-state index in [0.717, 1.165) is 16.7 Å². The minimum Gasteiger partial charge on any atom is -0.480 e. The molecule has 0 aliphatic heterocycles. The van der Waals surface area contributed by atoms with Gasteiger partial charge in [0.15, 0.2) is 0 Å². The Kier molecular flexibility index (Phi) is 7.05. The smallest absolute Gasteiger partial charge is 0.328 e. The summed E-state index contributed by atoms with van der Waals surface area (Å²) in [6.07, 6.45) is 1.44. The van der Waals surface area contributed by atoms with Gasteiger partial charge in [0.1, 0.15) is 6.04 Å². The van der Waals surface area contributed by atoms with Crippen LogP contribution in [0.5, 0.6) is 0 Å². The van der Waals surface area contributed by atoms with Crippen molar-refractivity contribution in [1.29, 1.82) is 0 Å². The van der Waals surface area contributed by atoms with Gasteiger partial charge in [-0.2, -0.15) is 0 Å². The molecule has 1 unspecified atom stereocenters. The van der Waals surface area contributed by atoms with Gasteiger partial charge in [0.25, 0.3) is 5.69 Å². The summed E-state index contributed by atoms with van der Waals surface area (Å²) in [4.78, 5) is 27.0. The zero-order valence-electron chi connectivity index (χ0n) is 16.3. The molecule has 0 fully saturated rings. The van der Waals surface area contributed by atoms with E-state index in [0.29, 0.717) is 25.0 Å². The van der Waals surface area contributed by atoms with Gasteiger partial charge in [0, 0.05) is 23.3 Å². The van der Waals surface area contributed by atoms with Crippen LogP contribution in [0.3, 0.4) is 0 Å². The Morgan fingerprint density at radius 1 is 0.933 bits per heavy atom. The molecule has 30 heavy (non-hydrogen) atoms. The number of carboxylic acid groups (broad SMARTS) is 1. The van der Waals surface area contributed by atoms with Crippen LogP contribution in [0, 0.1) is 10.1 Å². The number of rotatable bonds is 9. The molecule has 0 amide bonds. The molecule has 0 spiro atoms. The Morgan fingerprint density at radius 3 is 2.07 bits per heavy atom. The van der Waals surface area contributed by atoms with Crippen LogP contribution in [0.2, 0.25) is 0 Å². The van der Waals surface area contributed by atoms with Crippen LogP contribution >= 0.6 is 0 Å². The zero-order chi connectivity index (χ0) is 21.3. The molecule has 0 aliphatic carbocycles. The molecule has 0 bridgehead atoms. The third-order valence-electron chi connectivity index (χ3n) is 4.73. The molecular formula is C24H22N2O4. The first-order valence-corrected chi connectivity index (χ1v) is 9.69. The number of nitrogens with zero attached hydrogens (tertiary/aromatic N) is 2. The Balaban J connectivity index is 1.80. The molecule has 6 nitrogen and oxygen atoms in total. The number of hydrogen-bond donors (Lipinski definition) is 1. The number of carbonyl (C=O) groups is 1. The number of carboxylic acids is 1. The van der Waals surface area contributed by atoms with Crippen molar-refractivity contribution >= 4 is 17.4 Å². The summed E-state index contributed by atoms with van der Waals surface area (Å²) < 4.78 is 0. The van der Waals surface area contributed by atoms with E-state index < -0.39 is 16.9 Å². The number of nitro benzene ring substituents is 1. The van der Waals surface area contributed by atoms with Gasteiger partial charge in [-0.1, -0.05) is 72.8 Å². The molecule has 0 aliphatic rings. The standard InChI is InChI=1S/C24H22N2O4/c27-24(28)22(16-8-10-18-9-7-15-21(17-18)26(29)30)25-23(19-11-3-1-4-12-19)20-13-5-2-6-14-20/h1-7,9,11-15,17,22H,8,10,16H2,(H,27,28). The summed E-state index contributed by atoms with van der Waals surface area (Å²) in [6, 6.07) is 24.5. The van der Waals surface area contributed by atoms with Gasteiger partial charge in [0.2, 0.25) is 0 Å². The van der Waals surface area contributed by atoms with Crippen molar-refractivity contribution in [2.45, 2.75) is 25.3 Å². The zero-order valence-corrected chi connectivity index (χ0v) is 16.3. The van der Waals surface area contributed by atoms with Gasteiger partial charge in [0.05, 0.1) is 10.6 Å². The number of aliphatic imine (C=N–C) groups is 1. The first-order valence-electron chi connectivity index (χ1n) is 9.69. The number of non-ortho nitro benzene ring substituents is 1. The number of aliphatic carboxylic acids is 1. The molecule has 152 valence electrons.